The molecular weight excluding hydrogens is 346 g/mol. The third-order valence-electron chi connectivity index (χ3n) is 5.23. The van der Waals surface area contributed by atoms with Gasteiger partial charge in [0.1, 0.15) is 5.65 Å². The molecule has 3 aromatic rings. The van der Waals surface area contributed by atoms with Crippen LogP contribution in [0, 0.1) is 12.8 Å². The summed E-state index contributed by atoms with van der Waals surface area (Å²) >= 11 is 1.62. The highest BCUT2D eigenvalue weighted by Crippen LogP contribution is 2.33. The fourth-order valence-corrected chi connectivity index (χ4v) is 4.60. The molecule has 1 atom stereocenters. The number of aromatic nitrogens is 2. The lowest BCUT2D eigenvalue weighted by Crippen LogP contribution is -2.35. The number of nitrogens with zero attached hydrogens (tertiary/aromatic N) is 3. The molecule has 1 aliphatic rings. The van der Waals surface area contributed by atoms with Crippen molar-refractivity contribution in [3.63, 3.8) is 0 Å². The van der Waals surface area contributed by atoms with Crippen molar-refractivity contribution in [3.8, 4) is 0 Å². The van der Waals surface area contributed by atoms with E-state index in [4.69, 9.17) is 0 Å². The van der Waals surface area contributed by atoms with E-state index in [-0.39, 0.29) is 11.7 Å². The molecular formula is C20H23N3O2S. The summed E-state index contributed by atoms with van der Waals surface area (Å²) in [5.41, 5.74) is 2.40. The summed E-state index contributed by atoms with van der Waals surface area (Å²) in [6.45, 7) is 4.44. The lowest BCUT2D eigenvalue weighted by atomic mass is 9.90. The maximum atomic E-state index is 12.4. The van der Waals surface area contributed by atoms with Crippen molar-refractivity contribution in [2.45, 2.75) is 32.4 Å². The number of hydrogen-bond donors (Lipinski definition) is 1. The molecule has 1 saturated heterocycles. The molecule has 0 saturated carbocycles. The molecule has 0 radical (unpaired) electrons. The van der Waals surface area contributed by atoms with E-state index in [9.17, 15) is 9.90 Å². The molecule has 5 nitrogen and oxygen atoms in total. The molecule has 6 heteroatoms. The van der Waals surface area contributed by atoms with Crippen LogP contribution >= 0.6 is 11.3 Å². The molecule has 3 aromatic heterocycles. The zero-order chi connectivity index (χ0) is 18.1. The number of piperidine rings is 1. The molecule has 0 amide bonds. The minimum atomic E-state index is -0.358. The summed E-state index contributed by atoms with van der Waals surface area (Å²) in [6, 6.07) is 11.4. The van der Waals surface area contributed by atoms with Crippen molar-refractivity contribution < 1.29 is 5.11 Å². The number of thiophene rings is 1. The van der Waals surface area contributed by atoms with Gasteiger partial charge in [0.25, 0.3) is 5.56 Å². The summed E-state index contributed by atoms with van der Waals surface area (Å²) in [5.74, 6) is 0.308. The zero-order valence-corrected chi connectivity index (χ0v) is 15.7. The first-order valence-electron chi connectivity index (χ1n) is 9.04. The number of pyridine rings is 1. The number of rotatable bonds is 4. The average molecular weight is 369 g/mol. The van der Waals surface area contributed by atoms with Crippen LogP contribution in [-0.2, 0) is 6.54 Å². The minimum Gasteiger partial charge on any atom is -0.387 e. The fourth-order valence-electron chi connectivity index (χ4n) is 3.79. The molecule has 4 heterocycles. The Kier molecular flexibility index (Phi) is 4.89. The van der Waals surface area contributed by atoms with E-state index in [2.05, 4.69) is 9.88 Å². The predicted molar refractivity (Wildman–Crippen MR) is 103 cm³/mol. The van der Waals surface area contributed by atoms with E-state index >= 15 is 0 Å². The number of likely N-dealkylation sites (tertiary alicyclic amines) is 1. The average Bonchev–Trinajstić information content (AvgIpc) is 3.16. The molecule has 1 aliphatic heterocycles. The van der Waals surface area contributed by atoms with Gasteiger partial charge >= 0.3 is 0 Å². The summed E-state index contributed by atoms with van der Waals surface area (Å²) in [7, 11) is 0. The van der Waals surface area contributed by atoms with Gasteiger partial charge in [0.15, 0.2) is 0 Å². The van der Waals surface area contributed by atoms with E-state index in [1.807, 2.05) is 42.6 Å². The summed E-state index contributed by atoms with van der Waals surface area (Å²) in [4.78, 5) is 20.5. The van der Waals surface area contributed by atoms with Gasteiger partial charge in [0.2, 0.25) is 0 Å². The molecule has 0 aliphatic carbocycles. The Morgan fingerprint density at radius 1 is 1.27 bits per heavy atom. The summed E-state index contributed by atoms with van der Waals surface area (Å²) in [6.07, 6.45) is 1.57. The number of aliphatic hydroxyl groups is 1. The van der Waals surface area contributed by atoms with Crippen molar-refractivity contribution in [2.75, 3.05) is 13.1 Å². The molecule has 0 aromatic carbocycles. The first kappa shape index (κ1) is 17.4. The molecule has 0 spiro atoms. The Labute approximate surface area is 156 Å². The van der Waals surface area contributed by atoms with Gasteiger partial charge in [-0.2, -0.15) is 0 Å². The number of hydrogen-bond acceptors (Lipinski definition) is 5. The van der Waals surface area contributed by atoms with E-state index in [0.29, 0.717) is 18.1 Å². The summed E-state index contributed by atoms with van der Waals surface area (Å²) < 4.78 is 1.65. The van der Waals surface area contributed by atoms with Gasteiger partial charge in [-0.1, -0.05) is 12.1 Å². The van der Waals surface area contributed by atoms with Crippen LogP contribution in [0.15, 0.2) is 46.6 Å². The zero-order valence-electron chi connectivity index (χ0n) is 14.8. The number of aliphatic hydroxyl groups excluding tert-OH is 1. The van der Waals surface area contributed by atoms with Crippen LogP contribution < -0.4 is 5.56 Å². The molecule has 26 heavy (non-hydrogen) atoms. The Hall–Kier alpha value is -2.02. The SMILES string of the molecule is Cc1cccc2nc(CN3CCC(C(O)c4cccs4)CC3)cc(=O)n12. The second-order valence-corrected chi connectivity index (χ2v) is 8.00. The lowest BCUT2D eigenvalue weighted by molar-refractivity contribution is 0.0587. The van der Waals surface area contributed by atoms with Crippen LogP contribution in [0.25, 0.3) is 5.65 Å². The molecule has 0 bridgehead atoms. The largest absolute Gasteiger partial charge is 0.387 e. The monoisotopic (exact) mass is 369 g/mol. The maximum Gasteiger partial charge on any atom is 0.258 e. The van der Waals surface area contributed by atoms with Crippen LogP contribution in [0.2, 0.25) is 0 Å². The molecule has 136 valence electrons. The first-order valence-corrected chi connectivity index (χ1v) is 9.92. The molecule has 4 rings (SSSR count). The van der Waals surface area contributed by atoms with Crippen LogP contribution in [0.4, 0.5) is 0 Å². The van der Waals surface area contributed by atoms with Crippen LogP contribution in [0.1, 0.15) is 35.2 Å². The van der Waals surface area contributed by atoms with E-state index in [1.54, 1.807) is 21.8 Å². The van der Waals surface area contributed by atoms with Gasteiger partial charge in [-0.3, -0.25) is 14.1 Å². The maximum absolute atomic E-state index is 12.4. The number of fused-ring (bicyclic) bond motifs is 1. The highest BCUT2D eigenvalue weighted by Gasteiger charge is 2.27. The molecule has 1 N–H and O–H groups in total. The second kappa shape index (κ2) is 7.31. The van der Waals surface area contributed by atoms with E-state index < -0.39 is 0 Å². The van der Waals surface area contributed by atoms with E-state index in [1.165, 1.54) is 0 Å². The standard InChI is InChI=1S/C20H23N3O2S/c1-14-4-2-6-18-21-16(12-19(24)23(14)18)13-22-9-7-15(8-10-22)20(25)17-5-3-11-26-17/h2-6,11-12,15,20,25H,7-10,13H2,1H3. The van der Waals surface area contributed by atoms with Gasteiger partial charge in [-0.25, -0.2) is 4.98 Å². The van der Waals surface area contributed by atoms with Crippen molar-refractivity contribution in [1.29, 1.82) is 0 Å². The second-order valence-electron chi connectivity index (χ2n) is 7.02. The normalized spacial score (nSPS) is 17.6. The highest BCUT2D eigenvalue weighted by molar-refractivity contribution is 7.10. The summed E-state index contributed by atoms with van der Waals surface area (Å²) in [5, 5.41) is 12.5. The van der Waals surface area contributed by atoms with Crippen molar-refractivity contribution in [3.05, 3.63) is 68.4 Å². The van der Waals surface area contributed by atoms with Gasteiger partial charge in [-0.05, 0) is 62.4 Å². The third kappa shape index (κ3) is 3.45. The Balaban J connectivity index is 1.43. The van der Waals surface area contributed by atoms with Crippen molar-refractivity contribution in [2.24, 2.45) is 5.92 Å². The topological polar surface area (TPSA) is 57.8 Å². The number of aryl methyl sites for hydroxylation is 1. The Bertz CT molecular complexity index is 943. The molecule has 1 fully saturated rings. The van der Waals surface area contributed by atoms with Crippen LogP contribution in [0.3, 0.4) is 0 Å². The fraction of sp³-hybridized carbons (Fsp3) is 0.400. The highest BCUT2D eigenvalue weighted by atomic mass is 32.1. The van der Waals surface area contributed by atoms with Gasteiger partial charge < -0.3 is 5.11 Å². The molecule has 1 unspecified atom stereocenters. The van der Waals surface area contributed by atoms with Crippen LogP contribution in [-0.4, -0.2) is 32.5 Å². The third-order valence-corrected chi connectivity index (χ3v) is 6.18. The van der Waals surface area contributed by atoms with Gasteiger partial charge in [0.05, 0.1) is 11.8 Å². The predicted octanol–water partition coefficient (Wildman–Crippen LogP) is 3.01. The quantitative estimate of drug-likeness (QED) is 0.768. The van der Waals surface area contributed by atoms with Gasteiger partial charge in [-0.15, -0.1) is 11.3 Å². The van der Waals surface area contributed by atoms with E-state index in [0.717, 1.165) is 42.2 Å². The Morgan fingerprint density at radius 2 is 2.08 bits per heavy atom. The minimum absolute atomic E-state index is 0.0221. The lowest BCUT2D eigenvalue weighted by Gasteiger charge is -2.33. The Morgan fingerprint density at radius 3 is 2.81 bits per heavy atom. The smallest absolute Gasteiger partial charge is 0.258 e. The van der Waals surface area contributed by atoms with Crippen LogP contribution in [0.5, 0.6) is 0 Å². The van der Waals surface area contributed by atoms with Crippen molar-refractivity contribution >= 4 is 17.0 Å². The first-order chi connectivity index (χ1) is 12.6. The van der Waals surface area contributed by atoms with Gasteiger partial charge in [0, 0.05) is 23.2 Å². The van der Waals surface area contributed by atoms with Crippen molar-refractivity contribution in [1.82, 2.24) is 14.3 Å².